The summed E-state index contributed by atoms with van der Waals surface area (Å²) < 4.78 is 10.2. The Hall–Kier alpha value is -2.69. The van der Waals surface area contributed by atoms with Gasteiger partial charge < -0.3 is 5.32 Å². The summed E-state index contributed by atoms with van der Waals surface area (Å²) in [5.74, 6) is 0.626. The van der Waals surface area contributed by atoms with Crippen LogP contribution in [0.1, 0.15) is 16.1 Å². The summed E-state index contributed by atoms with van der Waals surface area (Å²) in [6.07, 6.45) is 0.680. The molecular formula is C17H12N6OS3. The van der Waals surface area contributed by atoms with Crippen LogP contribution in [0.25, 0.3) is 26.7 Å². The third kappa shape index (κ3) is 3.11. The van der Waals surface area contributed by atoms with Gasteiger partial charge in [0.15, 0.2) is 5.82 Å². The summed E-state index contributed by atoms with van der Waals surface area (Å²) >= 11 is 4.32. The lowest BCUT2D eigenvalue weighted by Crippen LogP contribution is -2.26. The smallest absolute Gasteiger partial charge is 0.251 e. The fraction of sp³-hybridized carbons (Fsp3) is 0.118. The van der Waals surface area contributed by atoms with Crippen LogP contribution in [-0.4, -0.2) is 35.8 Å². The topological polar surface area (TPSA) is 85.1 Å². The van der Waals surface area contributed by atoms with E-state index in [1.807, 2.05) is 33.5 Å². The van der Waals surface area contributed by atoms with Crippen LogP contribution in [-0.2, 0) is 6.42 Å². The predicted octanol–water partition coefficient (Wildman–Crippen LogP) is 3.50. The number of nitrogens with zero attached hydrogens (tertiary/aromatic N) is 5. The van der Waals surface area contributed by atoms with Gasteiger partial charge in [-0.25, -0.2) is 4.52 Å². The molecule has 10 heteroatoms. The van der Waals surface area contributed by atoms with Gasteiger partial charge in [-0.05, 0) is 29.6 Å². The zero-order chi connectivity index (χ0) is 18.2. The van der Waals surface area contributed by atoms with Gasteiger partial charge in [-0.3, -0.25) is 4.79 Å². The monoisotopic (exact) mass is 412 g/mol. The van der Waals surface area contributed by atoms with E-state index in [2.05, 4.69) is 24.1 Å². The van der Waals surface area contributed by atoms with Crippen molar-refractivity contribution in [3.05, 3.63) is 52.3 Å². The first-order chi connectivity index (χ1) is 13.3. The molecule has 0 aliphatic heterocycles. The minimum atomic E-state index is -0.116. The van der Waals surface area contributed by atoms with E-state index < -0.39 is 0 Å². The van der Waals surface area contributed by atoms with Crippen molar-refractivity contribution in [3.63, 3.8) is 0 Å². The average Bonchev–Trinajstić information content (AvgIpc) is 3.44. The first-order valence-corrected chi connectivity index (χ1v) is 10.6. The number of fused-ring (bicyclic) bond motifs is 2. The largest absolute Gasteiger partial charge is 0.352 e. The van der Waals surface area contributed by atoms with Gasteiger partial charge in [0.05, 0.1) is 22.3 Å². The van der Waals surface area contributed by atoms with Crippen LogP contribution in [0.15, 0.2) is 41.1 Å². The molecule has 5 rings (SSSR count). The normalized spacial score (nSPS) is 11.4. The van der Waals surface area contributed by atoms with Crippen LogP contribution in [0, 0.1) is 0 Å². The molecule has 1 N–H and O–H groups in total. The van der Waals surface area contributed by atoms with Gasteiger partial charge in [-0.1, -0.05) is 6.07 Å². The second-order valence-electron chi connectivity index (χ2n) is 5.81. The van der Waals surface area contributed by atoms with Crippen LogP contribution in [0.5, 0.6) is 0 Å². The highest BCUT2D eigenvalue weighted by atomic mass is 32.1. The second-order valence-corrected chi connectivity index (χ2v) is 8.12. The van der Waals surface area contributed by atoms with Gasteiger partial charge in [0.1, 0.15) is 11.0 Å². The minimum absolute atomic E-state index is 0.116. The third-order valence-electron chi connectivity index (χ3n) is 4.07. The number of hydrogen-bond donors (Lipinski definition) is 1. The highest BCUT2D eigenvalue weighted by Crippen LogP contribution is 2.24. The lowest BCUT2D eigenvalue weighted by atomic mass is 10.2. The Balaban J connectivity index is 1.27. The maximum atomic E-state index is 12.4. The van der Waals surface area contributed by atoms with E-state index in [9.17, 15) is 4.79 Å². The van der Waals surface area contributed by atoms with Crippen LogP contribution in [0.4, 0.5) is 0 Å². The molecule has 0 aliphatic rings. The highest BCUT2D eigenvalue weighted by molar-refractivity contribution is 7.15. The number of thiophene rings is 1. The van der Waals surface area contributed by atoms with Crippen LogP contribution in [0.3, 0.4) is 0 Å². The van der Waals surface area contributed by atoms with Crippen molar-refractivity contribution in [2.24, 2.45) is 0 Å². The molecule has 1 aromatic carbocycles. The first-order valence-electron chi connectivity index (χ1n) is 8.15. The first kappa shape index (κ1) is 16.5. The number of amides is 1. The molecular weight excluding hydrogens is 400 g/mol. The number of carbonyl (C=O) groups excluding carboxylic acids is 1. The Bertz CT molecular complexity index is 1240. The zero-order valence-electron chi connectivity index (χ0n) is 13.8. The summed E-state index contributed by atoms with van der Waals surface area (Å²) in [7, 11) is 0. The standard InChI is InChI=1S/C17H12N6OS3/c24-16(10-3-4-12-13(8-10)22-27-21-12)18-6-5-11-9-26-17-19-15(20-23(11)17)14-2-1-7-25-14/h1-4,7-9H,5-6H2,(H,18,24). The maximum Gasteiger partial charge on any atom is 0.251 e. The number of nitrogens with one attached hydrogen (secondary N) is 1. The van der Waals surface area contributed by atoms with Crippen molar-refractivity contribution in [1.29, 1.82) is 0 Å². The van der Waals surface area contributed by atoms with Crippen molar-refractivity contribution >= 4 is 56.3 Å². The molecule has 0 radical (unpaired) electrons. The van der Waals surface area contributed by atoms with Crippen molar-refractivity contribution in [3.8, 4) is 10.7 Å². The average molecular weight is 413 g/mol. The number of thiazole rings is 1. The van der Waals surface area contributed by atoms with Crippen LogP contribution < -0.4 is 5.32 Å². The molecule has 0 fully saturated rings. The number of hydrogen-bond acceptors (Lipinski definition) is 8. The number of carbonyl (C=O) groups is 1. The second kappa shape index (κ2) is 6.80. The highest BCUT2D eigenvalue weighted by Gasteiger charge is 2.13. The Morgan fingerprint density at radius 2 is 2.07 bits per heavy atom. The minimum Gasteiger partial charge on any atom is -0.352 e. The number of rotatable bonds is 5. The molecule has 4 aromatic heterocycles. The molecule has 0 saturated carbocycles. The Kier molecular flexibility index (Phi) is 4.15. The molecule has 27 heavy (non-hydrogen) atoms. The molecule has 4 heterocycles. The Morgan fingerprint density at radius 3 is 2.96 bits per heavy atom. The molecule has 134 valence electrons. The fourth-order valence-corrected chi connectivity index (χ4v) is 4.76. The van der Waals surface area contributed by atoms with E-state index in [-0.39, 0.29) is 5.91 Å². The third-order valence-corrected chi connectivity index (χ3v) is 6.36. The van der Waals surface area contributed by atoms with Crippen molar-refractivity contribution in [1.82, 2.24) is 28.7 Å². The van der Waals surface area contributed by atoms with Crippen molar-refractivity contribution < 1.29 is 4.79 Å². The lowest BCUT2D eigenvalue weighted by molar-refractivity contribution is 0.0954. The van der Waals surface area contributed by atoms with Crippen molar-refractivity contribution in [2.45, 2.75) is 6.42 Å². The van der Waals surface area contributed by atoms with E-state index in [1.54, 1.807) is 34.8 Å². The molecule has 1 amide bonds. The predicted molar refractivity (Wildman–Crippen MR) is 108 cm³/mol. The molecule has 0 atom stereocenters. The van der Waals surface area contributed by atoms with Crippen LogP contribution >= 0.6 is 34.4 Å². The molecule has 7 nitrogen and oxygen atoms in total. The van der Waals surface area contributed by atoms with Gasteiger partial charge in [0.2, 0.25) is 4.96 Å². The van der Waals surface area contributed by atoms with Gasteiger partial charge in [-0.2, -0.15) is 13.7 Å². The summed E-state index contributed by atoms with van der Waals surface area (Å²) in [5.41, 5.74) is 3.18. The summed E-state index contributed by atoms with van der Waals surface area (Å²) in [6, 6.07) is 9.36. The zero-order valence-corrected chi connectivity index (χ0v) is 16.3. The van der Waals surface area contributed by atoms with Crippen molar-refractivity contribution in [2.75, 3.05) is 6.54 Å². The molecule has 0 unspecified atom stereocenters. The van der Waals surface area contributed by atoms with E-state index in [0.29, 0.717) is 18.5 Å². The summed E-state index contributed by atoms with van der Waals surface area (Å²) in [5, 5.41) is 11.6. The van der Waals surface area contributed by atoms with Gasteiger partial charge in [0, 0.05) is 23.9 Å². The van der Waals surface area contributed by atoms with E-state index >= 15 is 0 Å². The van der Waals surface area contributed by atoms with Gasteiger partial charge in [0.25, 0.3) is 5.91 Å². The van der Waals surface area contributed by atoms with E-state index in [4.69, 9.17) is 0 Å². The fourth-order valence-electron chi connectivity index (χ4n) is 2.74. The molecule has 0 spiro atoms. The lowest BCUT2D eigenvalue weighted by Gasteiger charge is -2.04. The van der Waals surface area contributed by atoms with E-state index in [1.165, 1.54) is 0 Å². The maximum absolute atomic E-state index is 12.4. The summed E-state index contributed by atoms with van der Waals surface area (Å²) in [6.45, 7) is 0.520. The van der Waals surface area contributed by atoms with Gasteiger partial charge in [-0.15, -0.1) is 27.8 Å². The molecule has 0 saturated heterocycles. The van der Waals surface area contributed by atoms with Crippen LogP contribution in [0.2, 0.25) is 0 Å². The summed E-state index contributed by atoms with van der Waals surface area (Å²) in [4.78, 5) is 18.9. The Labute approximate surface area is 165 Å². The quantitative estimate of drug-likeness (QED) is 0.478. The molecule has 0 bridgehead atoms. The Morgan fingerprint density at radius 1 is 1.15 bits per heavy atom. The molecule has 5 aromatic rings. The number of benzene rings is 1. The van der Waals surface area contributed by atoms with Gasteiger partial charge >= 0.3 is 0 Å². The molecule has 0 aliphatic carbocycles. The number of aromatic nitrogens is 5. The SMILES string of the molecule is O=C(NCCc1csc2nc(-c3cccs3)nn12)c1ccc2nsnc2c1. The van der Waals surface area contributed by atoms with E-state index in [0.717, 1.165) is 44.1 Å².